The first-order valence-corrected chi connectivity index (χ1v) is 10.2. The van der Waals surface area contributed by atoms with Crippen molar-refractivity contribution < 1.29 is 9.18 Å². The summed E-state index contributed by atoms with van der Waals surface area (Å²) in [5, 5.41) is 0. The number of carbonyl (C=O) groups is 1. The fourth-order valence-electron chi connectivity index (χ4n) is 4.09. The maximum Gasteiger partial charge on any atom is 0.227 e. The van der Waals surface area contributed by atoms with Gasteiger partial charge >= 0.3 is 0 Å². The Morgan fingerprint density at radius 1 is 1.07 bits per heavy atom. The van der Waals surface area contributed by atoms with Crippen LogP contribution in [-0.4, -0.2) is 22.0 Å². The maximum atomic E-state index is 13.2. The summed E-state index contributed by atoms with van der Waals surface area (Å²) in [5.74, 6) is 0.828. The topological polar surface area (TPSA) is 38.1 Å². The van der Waals surface area contributed by atoms with Crippen LogP contribution >= 0.6 is 0 Å². The molecule has 1 saturated heterocycles. The van der Waals surface area contributed by atoms with Gasteiger partial charge in [-0.15, -0.1) is 0 Å². The number of aryl methyl sites for hydroxylation is 1. The van der Waals surface area contributed by atoms with Crippen molar-refractivity contribution in [3.05, 3.63) is 60.2 Å². The number of rotatable bonds is 7. The minimum absolute atomic E-state index is 0.0520. The molecule has 0 N–H and O–H groups in total. The number of fused-ring (bicyclic) bond motifs is 1. The molecule has 2 aromatic carbocycles. The molecule has 0 saturated carbocycles. The van der Waals surface area contributed by atoms with E-state index in [2.05, 4.69) is 17.6 Å². The second-order valence-electron chi connectivity index (χ2n) is 7.55. The highest BCUT2D eigenvalue weighted by molar-refractivity contribution is 5.96. The molecule has 28 heavy (non-hydrogen) atoms. The Hall–Kier alpha value is -2.69. The van der Waals surface area contributed by atoms with Crippen molar-refractivity contribution in [2.45, 2.75) is 51.5 Å². The molecular weight excluding hydrogens is 353 g/mol. The molecule has 1 amide bonds. The average molecular weight is 379 g/mol. The Morgan fingerprint density at radius 3 is 2.64 bits per heavy atom. The van der Waals surface area contributed by atoms with Gasteiger partial charge in [-0.3, -0.25) is 4.79 Å². The molecule has 1 aliphatic heterocycles. The smallest absolute Gasteiger partial charge is 0.227 e. The molecular formula is C23H26FN3O. The van der Waals surface area contributed by atoms with E-state index >= 15 is 0 Å². The summed E-state index contributed by atoms with van der Waals surface area (Å²) >= 11 is 0. The van der Waals surface area contributed by atoms with Gasteiger partial charge in [0.25, 0.3) is 0 Å². The van der Waals surface area contributed by atoms with Gasteiger partial charge in [-0.2, -0.15) is 0 Å². The van der Waals surface area contributed by atoms with Crippen molar-refractivity contribution in [2.24, 2.45) is 0 Å². The molecule has 4 rings (SSSR count). The number of anilines is 1. The van der Waals surface area contributed by atoms with E-state index in [-0.39, 0.29) is 17.6 Å². The lowest BCUT2D eigenvalue weighted by molar-refractivity contribution is -0.117. The second kappa shape index (κ2) is 8.13. The fraction of sp³-hybridized carbons (Fsp3) is 0.391. The summed E-state index contributed by atoms with van der Waals surface area (Å²) in [6.45, 7) is 3.73. The van der Waals surface area contributed by atoms with Gasteiger partial charge in [-0.25, -0.2) is 9.37 Å². The maximum absolute atomic E-state index is 13.2. The third kappa shape index (κ3) is 3.66. The average Bonchev–Trinajstić information content (AvgIpc) is 3.27. The third-order valence-corrected chi connectivity index (χ3v) is 5.55. The van der Waals surface area contributed by atoms with Crippen molar-refractivity contribution in [2.75, 3.05) is 11.4 Å². The van der Waals surface area contributed by atoms with E-state index in [0.29, 0.717) is 13.0 Å². The van der Waals surface area contributed by atoms with E-state index in [1.54, 1.807) is 17.0 Å². The Kier molecular flexibility index (Phi) is 5.42. The van der Waals surface area contributed by atoms with Crippen LogP contribution in [0, 0.1) is 5.82 Å². The van der Waals surface area contributed by atoms with Gasteiger partial charge in [-0.05, 0) is 42.8 Å². The molecule has 0 aliphatic carbocycles. The van der Waals surface area contributed by atoms with Crippen LogP contribution in [0.15, 0.2) is 48.5 Å². The second-order valence-corrected chi connectivity index (χ2v) is 7.55. The van der Waals surface area contributed by atoms with Crippen molar-refractivity contribution >= 4 is 22.6 Å². The number of nitrogens with zero attached hydrogens (tertiary/aromatic N) is 3. The van der Waals surface area contributed by atoms with E-state index in [0.717, 1.165) is 35.5 Å². The van der Waals surface area contributed by atoms with E-state index in [1.165, 1.54) is 31.4 Å². The largest absolute Gasteiger partial charge is 0.328 e. The Bertz CT molecular complexity index is 964. The predicted octanol–water partition coefficient (Wildman–Crippen LogP) is 5.28. The Balaban J connectivity index is 1.61. The van der Waals surface area contributed by atoms with Crippen LogP contribution in [0.25, 0.3) is 11.0 Å². The molecule has 5 heteroatoms. The van der Waals surface area contributed by atoms with Crippen molar-refractivity contribution in [1.82, 2.24) is 9.55 Å². The molecule has 2 heterocycles. The minimum atomic E-state index is -0.291. The Labute approximate surface area is 165 Å². The van der Waals surface area contributed by atoms with E-state index in [4.69, 9.17) is 4.98 Å². The number of aromatic nitrogens is 2. The van der Waals surface area contributed by atoms with Crippen LogP contribution < -0.4 is 4.90 Å². The molecule has 3 aromatic rings. The number of hydrogen-bond acceptors (Lipinski definition) is 2. The molecule has 0 unspecified atom stereocenters. The highest BCUT2D eigenvalue weighted by atomic mass is 19.1. The number of hydrogen-bond donors (Lipinski definition) is 0. The van der Waals surface area contributed by atoms with Gasteiger partial charge < -0.3 is 9.47 Å². The number of amides is 1. The molecule has 1 aliphatic rings. The molecule has 0 radical (unpaired) electrons. The highest BCUT2D eigenvalue weighted by Crippen LogP contribution is 2.33. The first-order valence-electron chi connectivity index (χ1n) is 10.2. The predicted molar refractivity (Wildman–Crippen MR) is 110 cm³/mol. The summed E-state index contributed by atoms with van der Waals surface area (Å²) in [7, 11) is 0. The van der Waals surface area contributed by atoms with Crippen LogP contribution in [0.1, 0.15) is 50.8 Å². The first-order chi connectivity index (χ1) is 13.7. The molecule has 4 nitrogen and oxygen atoms in total. The SMILES string of the molecule is CCCCCCn1c([C@H]2CC(=O)N(c3ccc(F)cc3)C2)nc2ccccc21. The molecule has 1 atom stereocenters. The number of unbranched alkanes of at least 4 members (excludes halogenated alkanes) is 3. The molecule has 146 valence electrons. The standard InChI is InChI=1S/C23H26FN3O/c1-2-3-4-7-14-26-21-9-6-5-8-20(21)25-23(26)17-15-22(28)27(16-17)19-12-10-18(24)11-13-19/h5-6,8-13,17H,2-4,7,14-16H2,1H3/t17-/m0/s1. The lowest BCUT2D eigenvalue weighted by atomic mass is 10.1. The van der Waals surface area contributed by atoms with Crippen molar-refractivity contribution in [3.8, 4) is 0 Å². The number of imidazole rings is 1. The van der Waals surface area contributed by atoms with E-state index in [1.807, 2.05) is 18.2 Å². The van der Waals surface area contributed by atoms with Gasteiger partial charge in [0.05, 0.1) is 11.0 Å². The van der Waals surface area contributed by atoms with E-state index < -0.39 is 0 Å². The first kappa shape index (κ1) is 18.7. The molecule has 0 spiro atoms. The third-order valence-electron chi connectivity index (χ3n) is 5.55. The van der Waals surface area contributed by atoms with Crippen LogP contribution in [-0.2, 0) is 11.3 Å². The summed E-state index contributed by atoms with van der Waals surface area (Å²) < 4.78 is 15.5. The zero-order chi connectivity index (χ0) is 19.5. The number of halogens is 1. The quantitative estimate of drug-likeness (QED) is 0.524. The highest BCUT2D eigenvalue weighted by Gasteiger charge is 2.34. The lowest BCUT2D eigenvalue weighted by Gasteiger charge is -2.17. The van der Waals surface area contributed by atoms with Gasteiger partial charge in [0.15, 0.2) is 0 Å². The monoisotopic (exact) mass is 379 g/mol. The van der Waals surface area contributed by atoms with E-state index in [9.17, 15) is 9.18 Å². The lowest BCUT2D eigenvalue weighted by Crippen LogP contribution is -2.24. The van der Waals surface area contributed by atoms with Gasteiger partial charge in [0, 0.05) is 31.1 Å². The fourth-order valence-corrected chi connectivity index (χ4v) is 4.09. The zero-order valence-electron chi connectivity index (χ0n) is 16.3. The summed E-state index contributed by atoms with van der Waals surface area (Å²) in [6.07, 6.45) is 5.20. The molecule has 1 aromatic heterocycles. The summed E-state index contributed by atoms with van der Waals surface area (Å²) in [4.78, 5) is 19.3. The normalized spacial score (nSPS) is 17.0. The van der Waals surface area contributed by atoms with Crippen molar-refractivity contribution in [3.63, 3.8) is 0 Å². The van der Waals surface area contributed by atoms with Crippen LogP contribution in [0.2, 0.25) is 0 Å². The number of benzene rings is 2. The molecule has 1 fully saturated rings. The Morgan fingerprint density at radius 2 is 1.86 bits per heavy atom. The van der Waals surface area contributed by atoms with Crippen molar-refractivity contribution in [1.29, 1.82) is 0 Å². The summed E-state index contributed by atoms with van der Waals surface area (Å²) in [6, 6.07) is 14.3. The van der Waals surface area contributed by atoms with Gasteiger partial charge in [0.1, 0.15) is 11.6 Å². The number of para-hydroxylation sites is 2. The van der Waals surface area contributed by atoms with Crippen LogP contribution in [0.3, 0.4) is 0 Å². The number of carbonyl (C=O) groups excluding carboxylic acids is 1. The van der Waals surface area contributed by atoms with Crippen LogP contribution in [0.5, 0.6) is 0 Å². The van der Waals surface area contributed by atoms with Crippen LogP contribution in [0.4, 0.5) is 10.1 Å². The van der Waals surface area contributed by atoms with Gasteiger partial charge in [0.2, 0.25) is 5.91 Å². The minimum Gasteiger partial charge on any atom is -0.328 e. The van der Waals surface area contributed by atoms with Gasteiger partial charge in [-0.1, -0.05) is 38.3 Å². The summed E-state index contributed by atoms with van der Waals surface area (Å²) in [5.41, 5.74) is 2.88. The zero-order valence-corrected chi connectivity index (χ0v) is 16.3. The molecule has 0 bridgehead atoms.